The van der Waals surface area contributed by atoms with Gasteiger partial charge in [0, 0.05) is 19.5 Å². The average molecular weight is 207 g/mol. The lowest BCUT2D eigenvalue weighted by molar-refractivity contribution is -0.0999. The second kappa shape index (κ2) is 4.31. The van der Waals surface area contributed by atoms with Crippen LogP contribution in [0.2, 0.25) is 0 Å². The Bertz CT molecular complexity index is 339. The van der Waals surface area contributed by atoms with Crippen molar-refractivity contribution < 1.29 is 14.6 Å². The number of ether oxygens (including phenoxy) is 1. The second-order valence-corrected chi connectivity index (χ2v) is 3.58. The molecule has 0 aromatic heterocycles. The molecule has 80 valence electrons. The van der Waals surface area contributed by atoms with E-state index in [2.05, 4.69) is 0 Å². The maximum absolute atomic E-state index is 10.4. The van der Waals surface area contributed by atoms with E-state index in [1.807, 2.05) is 35.2 Å². The van der Waals surface area contributed by atoms with Crippen LogP contribution in [0.1, 0.15) is 12.0 Å². The van der Waals surface area contributed by atoms with Crippen molar-refractivity contribution in [2.75, 3.05) is 6.54 Å². The van der Waals surface area contributed by atoms with Gasteiger partial charge in [-0.3, -0.25) is 4.90 Å². The molecule has 1 fully saturated rings. The molecule has 1 heterocycles. The Labute approximate surface area is 88.1 Å². The van der Waals surface area contributed by atoms with Crippen LogP contribution in [0.25, 0.3) is 0 Å². The molecule has 4 heteroatoms. The molecule has 1 atom stereocenters. The first-order valence-electron chi connectivity index (χ1n) is 4.93. The molecule has 0 radical (unpaired) electrons. The summed E-state index contributed by atoms with van der Waals surface area (Å²) in [6.07, 6.45) is -0.667. The molecule has 1 aromatic rings. The maximum atomic E-state index is 10.4. The molecule has 0 spiro atoms. The fraction of sp³-hybridized carbons (Fsp3) is 0.364. The minimum absolute atomic E-state index is 0.261. The third-order valence-electron chi connectivity index (χ3n) is 2.54. The van der Waals surface area contributed by atoms with Gasteiger partial charge in [-0.2, -0.15) is 0 Å². The Kier molecular flexibility index (Phi) is 2.87. The number of rotatable bonds is 3. The predicted octanol–water partition coefficient (Wildman–Crippen LogP) is 1.91. The van der Waals surface area contributed by atoms with Gasteiger partial charge in [0.05, 0.1) is 0 Å². The van der Waals surface area contributed by atoms with Gasteiger partial charge in [0.25, 0.3) is 0 Å². The predicted molar refractivity (Wildman–Crippen MR) is 54.4 cm³/mol. The van der Waals surface area contributed by atoms with Crippen LogP contribution >= 0.6 is 0 Å². The monoisotopic (exact) mass is 207 g/mol. The average Bonchev–Trinajstić information content (AvgIpc) is 2.23. The number of carboxylic acid groups (broad SMARTS) is 1. The standard InChI is InChI=1S/C11H13NO3/c13-11(14)15-10-6-7-12(10)8-9-4-2-1-3-5-9/h1-5,10H,6-8H2,(H,13,14)/t10-/m0/s1. The number of benzene rings is 1. The summed E-state index contributed by atoms with van der Waals surface area (Å²) in [5.41, 5.74) is 1.18. The number of hydrogen-bond acceptors (Lipinski definition) is 3. The van der Waals surface area contributed by atoms with Crippen molar-refractivity contribution in [3.63, 3.8) is 0 Å². The summed E-state index contributed by atoms with van der Waals surface area (Å²) in [5.74, 6) is 0. The highest BCUT2D eigenvalue weighted by Gasteiger charge is 2.30. The number of likely N-dealkylation sites (tertiary alicyclic amines) is 1. The highest BCUT2D eigenvalue weighted by molar-refractivity contribution is 5.57. The molecule has 0 aliphatic carbocycles. The fourth-order valence-corrected chi connectivity index (χ4v) is 1.67. The van der Waals surface area contributed by atoms with Crippen molar-refractivity contribution in [3.8, 4) is 0 Å². The van der Waals surface area contributed by atoms with Gasteiger partial charge in [0.15, 0.2) is 6.23 Å². The Morgan fingerprint density at radius 3 is 2.73 bits per heavy atom. The van der Waals surface area contributed by atoms with Crippen molar-refractivity contribution in [2.24, 2.45) is 0 Å². The van der Waals surface area contributed by atoms with Crippen molar-refractivity contribution in [1.29, 1.82) is 0 Å². The number of nitrogens with zero attached hydrogens (tertiary/aromatic N) is 1. The molecule has 1 saturated heterocycles. The van der Waals surface area contributed by atoms with Crippen LogP contribution in [0, 0.1) is 0 Å². The van der Waals surface area contributed by atoms with E-state index in [-0.39, 0.29) is 6.23 Å². The van der Waals surface area contributed by atoms with Crippen molar-refractivity contribution in [3.05, 3.63) is 35.9 Å². The molecular formula is C11H13NO3. The lowest BCUT2D eigenvalue weighted by atomic mass is 10.1. The zero-order chi connectivity index (χ0) is 10.7. The zero-order valence-electron chi connectivity index (χ0n) is 8.30. The van der Waals surface area contributed by atoms with E-state index in [0.29, 0.717) is 0 Å². The molecule has 1 aliphatic heterocycles. The van der Waals surface area contributed by atoms with Crippen LogP contribution in [0.4, 0.5) is 4.79 Å². The van der Waals surface area contributed by atoms with Crippen LogP contribution in [-0.2, 0) is 11.3 Å². The van der Waals surface area contributed by atoms with E-state index in [9.17, 15) is 4.79 Å². The molecule has 15 heavy (non-hydrogen) atoms. The zero-order valence-corrected chi connectivity index (χ0v) is 8.30. The molecule has 4 nitrogen and oxygen atoms in total. The first kappa shape index (κ1) is 9.98. The Hall–Kier alpha value is -1.55. The molecule has 1 N–H and O–H groups in total. The first-order valence-corrected chi connectivity index (χ1v) is 4.93. The molecule has 0 bridgehead atoms. The van der Waals surface area contributed by atoms with Gasteiger partial charge in [0.2, 0.25) is 0 Å². The molecular weight excluding hydrogens is 194 g/mol. The van der Waals surface area contributed by atoms with Crippen molar-refractivity contribution in [2.45, 2.75) is 19.2 Å². The van der Waals surface area contributed by atoms with Gasteiger partial charge < -0.3 is 9.84 Å². The van der Waals surface area contributed by atoms with Crippen LogP contribution in [-0.4, -0.2) is 28.9 Å². The van der Waals surface area contributed by atoms with E-state index < -0.39 is 6.16 Å². The fourth-order valence-electron chi connectivity index (χ4n) is 1.67. The SMILES string of the molecule is O=C(O)O[C@H]1CCN1Cc1ccccc1. The number of carbonyl (C=O) groups is 1. The van der Waals surface area contributed by atoms with Crippen molar-refractivity contribution >= 4 is 6.16 Å². The molecule has 0 saturated carbocycles. The second-order valence-electron chi connectivity index (χ2n) is 3.58. The Balaban J connectivity index is 1.88. The highest BCUT2D eigenvalue weighted by Crippen LogP contribution is 2.21. The quantitative estimate of drug-likeness (QED) is 0.769. The summed E-state index contributed by atoms with van der Waals surface area (Å²) in [4.78, 5) is 12.4. The Morgan fingerprint density at radius 1 is 1.47 bits per heavy atom. The normalized spacial score (nSPS) is 20.7. The number of hydrogen-bond donors (Lipinski definition) is 1. The van der Waals surface area contributed by atoms with E-state index in [1.54, 1.807) is 0 Å². The summed E-state index contributed by atoms with van der Waals surface area (Å²) in [6, 6.07) is 9.96. The van der Waals surface area contributed by atoms with E-state index in [0.717, 1.165) is 19.5 Å². The maximum Gasteiger partial charge on any atom is 0.507 e. The largest absolute Gasteiger partial charge is 0.507 e. The van der Waals surface area contributed by atoms with Gasteiger partial charge in [0.1, 0.15) is 0 Å². The van der Waals surface area contributed by atoms with Gasteiger partial charge >= 0.3 is 6.16 Å². The topological polar surface area (TPSA) is 49.8 Å². The summed E-state index contributed by atoms with van der Waals surface area (Å²) < 4.78 is 4.71. The molecule has 0 unspecified atom stereocenters. The molecule has 1 aromatic carbocycles. The molecule has 1 aliphatic rings. The van der Waals surface area contributed by atoms with E-state index >= 15 is 0 Å². The minimum atomic E-state index is -1.20. The lowest BCUT2D eigenvalue weighted by Gasteiger charge is -2.38. The first-order chi connectivity index (χ1) is 7.25. The van der Waals surface area contributed by atoms with Crippen LogP contribution in [0.5, 0.6) is 0 Å². The van der Waals surface area contributed by atoms with Gasteiger partial charge in [-0.1, -0.05) is 30.3 Å². The lowest BCUT2D eigenvalue weighted by Crippen LogP contribution is -2.49. The minimum Gasteiger partial charge on any atom is -0.450 e. The smallest absolute Gasteiger partial charge is 0.450 e. The van der Waals surface area contributed by atoms with E-state index in [4.69, 9.17) is 9.84 Å². The van der Waals surface area contributed by atoms with Crippen molar-refractivity contribution in [1.82, 2.24) is 4.90 Å². The van der Waals surface area contributed by atoms with Crippen LogP contribution in [0.15, 0.2) is 30.3 Å². The van der Waals surface area contributed by atoms with Gasteiger partial charge in [-0.25, -0.2) is 4.79 Å². The van der Waals surface area contributed by atoms with Gasteiger partial charge in [-0.15, -0.1) is 0 Å². The molecule has 2 rings (SSSR count). The highest BCUT2D eigenvalue weighted by atomic mass is 16.7. The Morgan fingerprint density at radius 2 is 2.20 bits per heavy atom. The van der Waals surface area contributed by atoms with E-state index in [1.165, 1.54) is 5.56 Å². The summed E-state index contributed by atoms with van der Waals surface area (Å²) >= 11 is 0. The summed E-state index contributed by atoms with van der Waals surface area (Å²) in [5, 5.41) is 8.48. The van der Waals surface area contributed by atoms with Crippen LogP contribution < -0.4 is 0 Å². The summed E-state index contributed by atoms with van der Waals surface area (Å²) in [6.45, 7) is 1.64. The van der Waals surface area contributed by atoms with Gasteiger partial charge in [-0.05, 0) is 5.56 Å². The third-order valence-corrected chi connectivity index (χ3v) is 2.54. The molecule has 0 amide bonds. The van der Waals surface area contributed by atoms with Crippen LogP contribution in [0.3, 0.4) is 0 Å². The third kappa shape index (κ3) is 2.47. The summed E-state index contributed by atoms with van der Waals surface area (Å²) in [7, 11) is 0.